The van der Waals surface area contributed by atoms with E-state index >= 15 is 0 Å². The van der Waals surface area contributed by atoms with E-state index in [-0.39, 0.29) is 48.6 Å². The van der Waals surface area contributed by atoms with Gasteiger partial charge in [0.1, 0.15) is 17.6 Å². The molecule has 7 atom stereocenters. The highest BCUT2D eigenvalue weighted by Gasteiger charge is 2.44. The highest BCUT2D eigenvalue weighted by Crippen LogP contribution is 2.43. The number of carboxylic acid groups (broad SMARTS) is 1. The summed E-state index contributed by atoms with van der Waals surface area (Å²) in [5, 5.41) is 23.2. The van der Waals surface area contributed by atoms with Crippen LogP contribution in [-0.2, 0) is 44.5 Å². The van der Waals surface area contributed by atoms with Crippen LogP contribution in [0.1, 0.15) is 32.8 Å². The fraction of sp³-hybridized carbons (Fsp3) is 0.562. The Hall–Kier alpha value is -3.28. The van der Waals surface area contributed by atoms with Gasteiger partial charge in [-0.2, -0.15) is 4.31 Å². The maximum absolute atomic E-state index is 13.8. The Morgan fingerprint density at radius 2 is 1.70 bits per heavy atom. The van der Waals surface area contributed by atoms with Crippen molar-refractivity contribution in [3.05, 3.63) is 54.1 Å². The minimum Gasteiger partial charge on any atom is -0.497 e. The summed E-state index contributed by atoms with van der Waals surface area (Å²) in [6.45, 7) is 5.17. The zero-order chi connectivity index (χ0) is 36.6. The molecule has 2 saturated heterocycles. The van der Waals surface area contributed by atoms with Gasteiger partial charge >= 0.3 is 19.7 Å². The molecule has 2 fully saturated rings. The van der Waals surface area contributed by atoms with Gasteiger partial charge in [-0.25, -0.2) is 18.0 Å². The minimum absolute atomic E-state index is 0.00970. The van der Waals surface area contributed by atoms with Crippen LogP contribution < -0.4 is 14.8 Å². The molecule has 4 rings (SSSR count). The number of ether oxygens (including phenoxy) is 5. The highest BCUT2D eigenvalue weighted by molar-refractivity contribution is 7.89. The van der Waals surface area contributed by atoms with Gasteiger partial charge in [0.05, 0.1) is 43.3 Å². The predicted molar refractivity (Wildman–Crippen MR) is 177 cm³/mol. The van der Waals surface area contributed by atoms with E-state index < -0.39 is 66.7 Å². The fourth-order valence-corrected chi connectivity index (χ4v) is 8.10. The number of aliphatic hydroxyl groups excluding tert-OH is 1. The molecule has 0 spiro atoms. The molecule has 2 aromatic rings. The second-order valence-electron chi connectivity index (χ2n) is 12.5. The van der Waals surface area contributed by atoms with Gasteiger partial charge in [0.2, 0.25) is 10.0 Å². The Morgan fingerprint density at radius 1 is 1.04 bits per heavy atom. The molecule has 2 unspecified atom stereocenters. The van der Waals surface area contributed by atoms with Gasteiger partial charge in [0, 0.05) is 13.1 Å². The zero-order valence-electron chi connectivity index (χ0n) is 28.2. The molecule has 278 valence electrons. The van der Waals surface area contributed by atoms with Crippen LogP contribution in [0.3, 0.4) is 0 Å². The lowest BCUT2D eigenvalue weighted by Gasteiger charge is -2.31. The number of aliphatic hydroxyl groups is 1. The molecule has 0 radical (unpaired) electrons. The lowest BCUT2D eigenvalue weighted by molar-refractivity contribution is -0.144. The number of aliphatic carboxylic acids is 1. The molecular formula is C32H45N2O14PS. The number of hydrogen-bond acceptors (Lipinski definition) is 12. The third kappa shape index (κ3) is 10.9. The number of rotatable bonds is 18. The molecule has 0 aliphatic carbocycles. The summed E-state index contributed by atoms with van der Waals surface area (Å²) in [4.78, 5) is 34.1. The molecule has 2 heterocycles. The van der Waals surface area contributed by atoms with E-state index in [0.29, 0.717) is 24.3 Å². The van der Waals surface area contributed by atoms with Crippen LogP contribution in [0.15, 0.2) is 53.4 Å². The molecule has 2 aromatic carbocycles. The van der Waals surface area contributed by atoms with Crippen LogP contribution >= 0.6 is 7.60 Å². The van der Waals surface area contributed by atoms with Crippen LogP contribution in [0.2, 0.25) is 0 Å². The van der Waals surface area contributed by atoms with Gasteiger partial charge < -0.3 is 44.1 Å². The van der Waals surface area contributed by atoms with Crippen molar-refractivity contribution in [2.75, 3.05) is 39.8 Å². The third-order valence-electron chi connectivity index (χ3n) is 8.11. The first-order valence-corrected chi connectivity index (χ1v) is 19.3. The monoisotopic (exact) mass is 744 g/mol. The number of amides is 1. The van der Waals surface area contributed by atoms with Crippen molar-refractivity contribution in [1.82, 2.24) is 9.62 Å². The molecule has 18 heteroatoms. The number of carboxylic acids is 1. The van der Waals surface area contributed by atoms with Crippen molar-refractivity contribution in [2.24, 2.45) is 11.8 Å². The van der Waals surface area contributed by atoms with E-state index in [2.05, 4.69) is 9.84 Å². The summed E-state index contributed by atoms with van der Waals surface area (Å²) < 4.78 is 72.8. The number of nitrogens with one attached hydrogen (secondary N) is 1. The number of nitrogens with zero attached hydrogens (tertiary/aromatic N) is 1. The molecular weight excluding hydrogens is 699 g/mol. The first-order valence-electron chi connectivity index (χ1n) is 16.1. The van der Waals surface area contributed by atoms with Crippen LogP contribution in [-0.4, -0.2) is 110 Å². The zero-order valence-corrected chi connectivity index (χ0v) is 30.0. The molecule has 0 saturated carbocycles. The van der Waals surface area contributed by atoms with E-state index in [9.17, 15) is 32.6 Å². The average Bonchev–Trinajstić information content (AvgIpc) is 3.68. The van der Waals surface area contributed by atoms with E-state index in [0.717, 1.165) is 6.92 Å². The number of sulfonamides is 1. The summed E-state index contributed by atoms with van der Waals surface area (Å²) >= 11 is 0. The number of alkyl carbamates (subject to hydrolysis) is 1. The number of methoxy groups -OCH3 is 1. The second kappa shape index (κ2) is 17.3. The van der Waals surface area contributed by atoms with E-state index in [1.54, 1.807) is 12.1 Å². The molecule has 2 aliphatic rings. The maximum atomic E-state index is 13.8. The Kier molecular flexibility index (Phi) is 13.7. The molecule has 0 aromatic heterocycles. The van der Waals surface area contributed by atoms with Crippen molar-refractivity contribution < 1.29 is 65.9 Å². The molecule has 50 heavy (non-hydrogen) atoms. The first-order chi connectivity index (χ1) is 23.6. The summed E-state index contributed by atoms with van der Waals surface area (Å²) in [6, 6.07) is 11.0. The molecule has 1 amide bonds. The SMILES string of the molecule is COc1ccc(S(=O)(=O)N(CC(C)C)C[C@@H](O)[C@H](Cc2ccc(OCP(=O)(O)OC(C)C(=O)O)cc2)NC(=O)O[C@H]2CO[C@H]3OCC[C@H]32)cc1. The van der Waals surface area contributed by atoms with Gasteiger partial charge in [-0.3, -0.25) is 9.09 Å². The van der Waals surface area contributed by atoms with Crippen molar-refractivity contribution in [3.8, 4) is 11.5 Å². The van der Waals surface area contributed by atoms with Crippen molar-refractivity contribution in [2.45, 2.75) is 69.2 Å². The fourth-order valence-electron chi connectivity index (χ4n) is 5.52. The van der Waals surface area contributed by atoms with E-state index in [1.165, 1.54) is 47.8 Å². The number of carbonyl (C=O) groups is 2. The minimum atomic E-state index is -4.39. The van der Waals surface area contributed by atoms with Crippen LogP contribution in [0.4, 0.5) is 4.79 Å². The quantitative estimate of drug-likeness (QED) is 0.162. The predicted octanol–water partition coefficient (Wildman–Crippen LogP) is 2.81. The smallest absolute Gasteiger partial charge is 0.407 e. The van der Waals surface area contributed by atoms with Crippen molar-refractivity contribution >= 4 is 29.7 Å². The number of hydrogen-bond donors (Lipinski definition) is 4. The van der Waals surface area contributed by atoms with Crippen molar-refractivity contribution in [1.29, 1.82) is 0 Å². The van der Waals surface area contributed by atoms with Crippen molar-refractivity contribution in [3.63, 3.8) is 0 Å². The van der Waals surface area contributed by atoms with Crippen LogP contribution in [0.5, 0.6) is 11.5 Å². The molecule has 4 N–H and O–H groups in total. The standard InChI is InChI=1S/C32H45N2O14PS/c1-20(2)16-34(50(41,42)25-11-9-23(43-4)10-12-25)17-28(35)27(33-32(38)47-29-18-45-31-26(29)13-14-44-31)15-22-5-7-24(8-6-22)46-19-49(39,40)48-21(3)30(36)37/h5-12,20-21,26-29,31,35H,13-19H2,1-4H3,(H,33,38)(H,36,37)(H,39,40)/t21?,26-,27-,28+,29-,31+/m0/s1. The molecule has 2 aliphatic heterocycles. The lowest BCUT2D eigenvalue weighted by atomic mass is 10.0. The molecule has 0 bridgehead atoms. The maximum Gasteiger partial charge on any atom is 0.407 e. The Morgan fingerprint density at radius 3 is 2.32 bits per heavy atom. The topological polar surface area (TPSA) is 217 Å². The van der Waals surface area contributed by atoms with Crippen LogP contribution in [0, 0.1) is 11.8 Å². The van der Waals surface area contributed by atoms with Crippen LogP contribution in [0.25, 0.3) is 0 Å². The summed E-state index contributed by atoms with van der Waals surface area (Å²) in [7, 11) is -7.00. The largest absolute Gasteiger partial charge is 0.497 e. The lowest BCUT2D eigenvalue weighted by Crippen LogP contribution is -2.51. The van der Waals surface area contributed by atoms with Gasteiger partial charge in [-0.1, -0.05) is 26.0 Å². The molecule has 16 nitrogen and oxygen atoms in total. The average molecular weight is 745 g/mol. The van der Waals surface area contributed by atoms with E-state index in [1.807, 2.05) is 13.8 Å². The highest BCUT2D eigenvalue weighted by atomic mass is 32.2. The van der Waals surface area contributed by atoms with Gasteiger partial charge in [-0.15, -0.1) is 0 Å². The second-order valence-corrected chi connectivity index (χ2v) is 16.2. The normalized spacial score (nSPS) is 22.0. The Labute approximate surface area is 291 Å². The summed E-state index contributed by atoms with van der Waals surface area (Å²) in [6.07, 6.45) is -4.86. The third-order valence-corrected chi connectivity index (χ3v) is 11.1. The van der Waals surface area contributed by atoms with E-state index in [4.69, 9.17) is 28.8 Å². The summed E-state index contributed by atoms with van der Waals surface area (Å²) in [5.74, 6) is -0.984. The summed E-state index contributed by atoms with van der Waals surface area (Å²) in [5.41, 5.74) is 0.589. The Balaban J connectivity index is 1.50. The number of carbonyl (C=O) groups excluding carboxylic acids is 1. The number of fused-ring (bicyclic) bond motifs is 1. The van der Waals surface area contributed by atoms with Gasteiger partial charge in [0.25, 0.3) is 0 Å². The van der Waals surface area contributed by atoms with Gasteiger partial charge in [0.15, 0.2) is 18.7 Å². The van der Waals surface area contributed by atoms with Gasteiger partial charge in [-0.05, 0) is 67.6 Å². The first kappa shape index (κ1) is 39.5. The number of benzene rings is 2. The Bertz CT molecular complexity index is 1590.